The van der Waals surface area contributed by atoms with E-state index in [4.69, 9.17) is 15.4 Å². The summed E-state index contributed by atoms with van der Waals surface area (Å²) in [6, 6.07) is 0. The van der Waals surface area contributed by atoms with Gasteiger partial charge in [-0.2, -0.15) is 0 Å². The van der Waals surface area contributed by atoms with Gasteiger partial charge in [0.25, 0.3) is 0 Å². The molecule has 0 aromatic rings. The molecule has 1 rings (SSSR count). The van der Waals surface area contributed by atoms with Crippen LogP contribution in [0.1, 0.15) is 13.8 Å². The first-order valence-electron chi connectivity index (χ1n) is 4.41. The number of sulfone groups is 1. The summed E-state index contributed by atoms with van der Waals surface area (Å²) in [6.07, 6.45) is -1.08. The quantitative estimate of drug-likeness (QED) is 0.686. The van der Waals surface area contributed by atoms with Gasteiger partial charge in [-0.3, -0.25) is 0 Å². The Labute approximate surface area is 94.1 Å². The molecule has 0 aromatic heterocycles. The largest absolute Gasteiger partial charge is 0.373 e. The van der Waals surface area contributed by atoms with Crippen molar-refractivity contribution in [3.8, 4) is 0 Å². The maximum Gasteiger partial charge on any atom is 0.239 e. The highest BCUT2D eigenvalue weighted by Gasteiger charge is 2.45. The maximum absolute atomic E-state index is 11.3. The minimum Gasteiger partial charge on any atom is -0.373 e. The van der Waals surface area contributed by atoms with Crippen molar-refractivity contribution in [2.75, 3.05) is 11.5 Å². The summed E-state index contributed by atoms with van der Waals surface area (Å²) in [5.74, 6) is -0.724. The van der Waals surface area contributed by atoms with E-state index < -0.39 is 36.0 Å². The van der Waals surface area contributed by atoms with Crippen LogP contribution in [0, 0.1) is 0 Å². The van der Waals surface area contributed by atoms with Gasteiger partial charge in [-0.05, 0) is 13.8 Å². The Morgan fingerprint density at radius 3 is 2.27 bits per heavy atom. The molecule has 1 saturated heterocycles. The summed E-state index contributed by atoms with van der Waals surface area (Å²) in [5.41, 5.74) is 0. The van der Waals surface area contributed by atoms with Gasteiger partial charge >= 0.3 is 0 Å². The van der Waals surface area contributed by atoms with Gasteiger partial charge in [0.2, 0.25) is 9.05 Å². The third-order valence-corrected chi connectivity index (χ3v) is 5.85. The van der Waals surface area contributed by atoms with Crippen LogP contribution in [0.25, 0.3) is 0 Å². The molecule has 1 aliphatic heterocycles. The number of rotatable bonds is 3. The van der Waals surface area contributed by atoms with E-state index in [2.05, 4.69) is 0 Å². The Balaban J connectivity index is 2.94. The summed E-state index contributed by atoms with van der Waals surface area (Å²) in [6.45, 7) is 3.42. The molecule has 5 nitrogen and oxygen atoms in total. The van der Waals surface area contributed by atoms with E-state index >= 15 is 0 Å². The van der Waals surface area contributed by atoms with E-state index in [9.17, 15) is 16.8 Å². The lowest BCUT2D eigenvalue weighted by Gasteiger charge is -2.18. The van der Waals surface area contributed by atoms with E-state index in [0.717, 1.165) is 0 Å². The zero-order valence-electron chi connectivity index (χ0n) is 8.38. The van der Waals surface area contributed by atoms with Crippen molar-refractivity contribution < 1.29 is 21.6 Å². The molecule has 15 heavy (non-hydrogen) atoms. The predicted octanol–water partition coefficient (Wildman–Crippen LogP) is 0.146. The third kappa shape index (κ3) is 3.58. The standard InChI is InChI=1S/C7H13ClO5S2/c1-5(2)13-6-3-14(9,10)4-7(6)15(8,11)12/h5-7H,3-4H2,1-2H3. The Bertz CT molecular complexity index is 424. The molecular weight excluding hydrogens is 264 g/mol. The second kappa shape index (κ2) is 4.20. The summed E-state index contributed by atoms with van der Waals surface area (Å²) < 4.78 is 50.1. The van der Waals surface area contributed by atoms with Crippen LogP contribution in [0.15, 0.2) is 0 Å². The highest BCUT2D eigenvalue weighted by atomic mass is 35.7. The smallest absolute Gasteiger partial charge is 0.239 e. The van der Waals surface area contributed by atoms with E-state index in [-0.39, 0.29) is 11.9 Å². The van der Waals surface area contributed by atoms with Crippen molar-refractivity contribution in [2.24, 2.45) is 0 Å². The average molecular weight is 277 g/mol. The predicted molar refractivity (Wildman–Crippen MR) is 57.2 cm³/mol. The monoisotopic (exact) mass is 276 g/mol. The fraction of sp³-hybridized carbons (Fsp3) is 1.00. The Kier molecular flexibility index (Phi) is 3.70. The molecule has 2 atom stereocenters. The van der Waals surface area contributed by atoms with Crippen molar-refractivity contribution >= 4 is 29.6 Å². The lowest BCUT2D eigenvalue weighted by Crippen LogP contribution is -2.34. The molecule has 90 valence electrons. The first-order chi connectivity index (χ1) is 6.62. The minimum atomic E-state index is -3.90. The highest BCUT2D eigenvalue weighted by Crippen LogP contribution is 2.25. The Morgan fingerprint density at radius 2 is 1.87 bits per heavy atom. The van der Waals surface area contributed by atoms with E-state index in [1.54, 1.807) is 13.8 Å². The van der Waals surface area contributed by atoms with Crippen LogP contribution < -0.4 is 0 Å². The normalized spacial score (nSPS) is 30.9. The van der Waals surface area contributed by atoms with Crippen LogP contribution in [-0.2, 0) is 23.6 Å². The first kappa shape index (κ1) is 13.2. The molecule has 0 radical (unpaired) electrons. The molecule has 0 aromatic carbocycles. The van der Waals surface area contributed by atoms with E-state index in [0.29, 0.717) is 0 Å². The molecule has 0 bridgehead atoms. The Hall–Kier alpha value is 0.150. The molecule has 2 unspecified atom stereocenters. The average Bonchev–Trinajstić information content (AvgIpc) is 2.22. The number of halogens is 1. The molecule has 1 heterocycles. The maximum atomic E-state index is 11.3. The van der Waals surface area contributed by atoms with Gasteiger partial charge in [-0.25, -0.2) is 16.8 Å². The molecule has 0 saturated carbocycles. The second-order valence-electron chi connectivity index (χ2n) is 3.81. The van der Waals surface area contributed by atoms with Crippen LogP contribution in [0.5, 0.6) is 0 Å². The molecular formula is C7H13ClO5S2. The zero-order chi connectivity index (χ0) is 11.9. The lowest BCUT2D eigenvalue weighted by atomic mass is 10.3. The van der Waals surface area contributed by atoms with Crippen molar-refractivity contribution in [1.82, 2.24) is 0 Å². The first-order valence-corrected chi connectivity index (χ1v) is 8.60. The van der Waals surface area contributed by atoms with Gasteiger partial charge < -0.3 is 4.74 Å². The topological polar surface area (TPSA) is 77.5 Å². The summed E-state index contributed by atoms with van der Waals surface area (Å²) in [7, 11) is -2.09. The van der Waals surface area contributed by atoms with Gasteiger partial charge in [-0.15, -0.1) is 0 Å². The van der Waals surface area contributed by atoms with Crippen molar-refractivity contribution in [2.45, 2.75) is 31.3 Å². The SMILES string of the molecule is CC(C)OC1CS(=O)(=O)CC1S(=O)(=O)Cl. The van der Waals surface area contributed by atoms with Gasteiger partial charge in [0.15, 0.2) is 9.84 Å². The van der Waals surface area contributed by atoms with Crippen LogP contribution in [0.2, 0.25) is 0 Å². The molecule has 0 N–H and O–H groups in total. The minimum absolute atomic E-state index is 0.232. The summed E-state index contributed by atoms with van der Waals surface area (Å²) >= 11 is 0. The number of hydrogen-bond donors (Lipinski definition) is 0. The van der Waals surface area contributed by atoms with Gasteiger partial charge in [-0.1, -0.05) is 0 Å². The molecule has 0 spiro atoms. The zero-order valence-corrected chi connectivity index (χ0v) is 10.8. The van der Waals surface area contributed by atoms with Crippen LogP contribution in [0.4, 0.5) is 0 Å². The van der Waals surface area contributed by atoms with Crippen LogP contribution in [-0.4, -0.2) is 45.8 Å². The number of hydrogen-bond acceptors (Lipinski definition) is 5. The molecule has 8 heteroatoms. The van der Waals surface area contributed by atoms with Gasteiger partial charge in [0.1, 0.15) is 5.25 Å². The third-order valence-electron chi connectivity index (χ3n) is 2.06. The van der Waals surface area contributed by atoms with Gasteiger partial charge in [0.05, 0.1) is 23.7 Å². The van der Waals surface area contributed by atoms with E-state index in [1.807, 2.05) is 0 Å². The number of ether oxygens (including phenoxy) is 1. The summed E-state index contributed by atoms with van der Waals surface area (Å²) in [5, 5.41) is -1.15. The molecule has 1 aliphatic rings. The molecule has 1 fully saturated rings. The fourth-order valence-electron chi connectivity index (χ4n) is 1.52. The van der Waals surface area contributed by atoms with Gasteiger partial charge in [0, 0.05) is 10.7 Å². The molecule has 0 amide bonds. The van der Waals surface area contributed by atoms with Crippen molar-refractivity contribution in [3.63, 3.8) is 0 Å². The fourth-order valence-corrected chi connectivity index (χ4v) is 5.91. The summed E-state index contributed by atoms with van der Waals surface area (Å²) in [4.78, 5) is 0. The highest BCUT2D eigenvalue weighted by molar-refractivity contribution is 8.15. The van der Waals surface area contributed by atoms with Crippen molar-refractivity contribution in [1.29, 1.82) is 0 Å². The van der Waals surface area contributed by atoms with Crippen molar-refractivity contribution in [3.05, 3.63) is 0 Å². The Morgan fingerprint density at radius 1 is 1.33 bits per heavy atom. The van der Waals surface area contributed by atoms with Crippen LogP contribution >= 0.6 is 10.7 Å². The second-order valence-corrected chi connectivity index (χ2v) is 8.82. The lowest BCUT2D eigenvalue weighted by molar-refractivity contribution is 0.0255. The van der Waals surface area contributed by atoms with Crippen LogP contribution in [0.3, 0.4) is 0 Å². The van der Waals surface area contributed by atoms with E-state index in [1.165, 1.54) is 0 Å². The molecule has 0 aliphatic carbocycles.